The quantitative estimate of drug-likeness (QED) is 0.669. The monoisotopic (exact) mass is 476 g/mol. The summed E-state index contributed by atoms with van der Waals surface area (Å²) in [7, 11) is -3.57. The zero-order valence-corrected chi connectivity index (χ0v) is 20.6. The largest absolute Gasteiger partial charge is 0.340 e. The molecule has 0 bridgehead atoms. The van der Waals surface area contributed by atoms with E-state index in [0.717, 1.165) is 44.3 Å². The summed E-state index contributed by atoms with van der Waals surface area (Å²) in [4.78, 5) is 31.7. The number of hydrogen-bond acceptors (Lipinski definition) is 4. The van der Waals surface area contributed by atoms with E-state index in [1.807, 2.05) is 21.9 Å². The van der Waals surface area contributed by atoms with E-state index < -0.39 is 10.0 Å². The molecule has 0 unspecified atom stereocenters. The normalized spacial score (nSPS) is 22.8. The van der Waals surface area contributed by atoms with E-state index in [-0.39, 0.29) is 17.9 Å². The molecule has 0 aliphatic carbocycles. The zero-order valence-electron chi connectivity index (χ0n) is 19.8. The van der Waals surface area contributed by atoms with E-state index in [1.165, 1.54) is 4.31 Å². The third kappa shape index (κ3) is 5.19. The second-order valence-corrected chi connectivity index (χ2v) is 11.7. The van der Waals surface area contributed by atoms with Crippen LogP contribution < -0.4 is 0 Å². The van der Waals surface area contributed by atoms with Crippen molar-refractivity contribution in [3.8, 4) is 0 Å². The second-order valence-electron chi connectivity index (χ2n) is 9.72. The summed E-state index contributed by atoms with van der Waals surface area (Å²) in [6, 6.07) is 7.15. The molecule has 3 aliphatic rings. The number of benzene rings is 1. The van der Waals surface area contributed by atoms with Crippen LogP contribution in [0.3, 0.4) is 0 Å². The number of sulfonamides is 1. The molecular weight excluding hydrogens is 440 g/mol. The average molecular weight is 477 g/mol. The molecule has 3 aliphatic heterocycles. The van der Waals surface area contributed by atoms with Crippen LogP contribution in [-0.4, -0.2) is 91.7 Å². The van der Waals surface area contributed by atoms with E-state index in [2.05, 4.69) is 13.8 Å². The molecule has 0 spiro atoms. The summed E-state index contributed by atoms with van der Waals surface area (Å²) in [6.07, 6.45) is 3.72. The van der Waals surface area contributed by atoms with Crippen LogP contribution in [0.2, 0.25) is 0 Å². The van der Waals surface area contributed by atoms with Crippen molar-refractivity contribution in [2.75, 3.05) is 52.4 Å². The van der Waals surface area contributed by atoms with Gasteiger partial charge in [-0.05, 0) is 49.3 Å². The zero-order chi connectivity index (χ0) is 23.6. The van der Waals surface area contributed by atoms with Crippen LogP contribution in [0.4, 0.5) is 4.79 Å². The Kier molecular flexibility index (Phi) is 7.28. The Bertz CT molecular complexity index is 949. The van der Waals surface area contributed by atoms with E-state index >= 15 is 0 Å². The minimum atomic E-state index is -3.57. The molecule has 1 aromatic rings. The van der Waals surface area contributed by atoms with E-state index in [0.29, 0.717) is 50.1 Å². The molecule has 8 nitrogen and oxygen atoms in total. The van der Waals surface area contributed by atoms with Gasteiger partial charge in [0.2, 0.25) is 15.9 Å². The Balaban J connectivity index is 1.33. The maximum atomic E-state index is 13.2. The summed E-state index contributed by atoms with van der Waals surface area (Å²) in [5.74, 6) is 0.196. The Hall–Kier alpha value is -2.13. The molecule has 3 amide bonds. The highest BCUT2D eigenvalue weighted by Gasteiger charge is 2.36. The first-order valence-electron chi connectivity index (χ1n) is 12.2. The van der Waals surface area contributed by atoms with E-state index in [4.69, 9.17) is 0 Å². The van der Waals surface area contributed by atoms with Crippen molar-refractivity contribution in [2.45, 2.75) is 50.3 Å². The van der Waals surface area contributed by atoms with Crippen LogP contribution in [0.25, 0.3) is 0 Å². The fourth-order valence-corrected chi connectivity index (χ4v) is 6.46. The third-order valence-electron chi connectivity index (χ3n) is 7.15. The Morgan fingerprint density at radius 2 is 1.42 bits per heavy atom. The highest BCUT2D eigenvalue weighted by atomic mass is 32.2. The van der Waals surface area contributed by atoms with Crippen LogP contribution in [0.5, 0.6) is 0 Å². The number of nitrogens with zero attached hydrogens (tertiary/aromatic N) is 4. The highest BCUT2D eigenvalue weighted by molar-refractivity contribution is 7.89. The SMILES string of the molecule is CC(C)c1ccc(S(=O)(=O)N2CCN(C(=O)[C@H]3CCCN(C(=O)N4CCCC4)C3)CC2)cc1. The molecule has 3 fully saturated rings. The van der Waals surface area contributed by atoms with Crippen molar-refractivity contribution in [1.29, 1.82) is 0 Å². The lowest BCUT2D eigenvalue weighted by Crippen LogP contribution is -2.54. The number of carbonyl (C=O) groups excluding carboxylic acids is 2. The first-order chi connectivity index (χ1) is 15.8. The standard InChI is InChI=1S/C24H36N4O4S/c1-19(2)20-7-9-22(10-8-20)33(31,32)28-16-14-25(15-17-28)23(29)21-6-5-13-27(18-21)24(30)26-11-3-4-12-26/h7-10,19,21H,3-6,11-18H2,1-2H3/t21-/m0/s1. The maximum Gasteiger partial charge on any atom is 0.320 e. The van der Waals surface area contributed by atoms with Gasteiger partial charge in [-0.3, -0.25) is 4.79 Å². The van der Waals surface area contributed by atoms with Crippen molar-refractivity contribution in [3.63, 3.8) is 0 Å². The van der Waals surface area contributed by atoms with Gasteiger partial charge in [0.1, 0.15) is 0 Å². The number of piperazine rings is 1. The predicted molar refractivity (Wildman–Crippen MR) is 126 cm³/mol. The summed E-state index contributed by atoms with van der Waals surface area (Å²) >= 11 is 0. The average Bonchev–Trinajstić information content (AvgIpc) is 3.38. The molecular formula is C24H36N4O4S. The number of carbonyl (C=O) groups is 2. The van der Waals surface area contributed by atoms with Gasteiger partial charge in [0.05, 0.1) is 10.8 Å². The number of likely N-dealkylation sites (tertiary alicyclic amines) is 2. The van der Waals surface area contributed by atoms with Gasteiger partial charge in [-0.1, -0.05) is 26.0 Å². The molecule has 0 aromatic heterocycles. The molecule has 182 valence electrons. The van der Waals surface area contributed by atoms with E-state index in [9.17, 15) is 18.0 Å². The number of amides is 3. The molecule has 9 heteroatoms. The van der Waals surface area contributed by atoms with Crippen LogP contribution in [0.1, 0.15) is 51.0 Å². The summed E-state index contributed by atoms with van der Waals surface area (Å²) in [6.45, 7) is 8.32. The van der Waals surface area contributed by atoms with Gasteiger partial charge in [0.15, 0.2) is 0 Å². The minimum Gasteiger partial charge on any atom is -0.340 e. The van der Waals surface area contributed by atoms with Gasteiger partial charge < -0.3 is 14.7 Å². The minimum absolute atomic E-state index is 0.0484. The molecule has 0 radical (unpaired) electrons. The maximum absolute atomic E-state index is 13.2. The molecule has 33 heavy (non-hydrogen) atoms. The highest BCUT2D eigenvalue weighted by Crippen LogP contribution is 2.24. The van der Waals surface area contributed by atoms with E-state index in [1.54, 1.807) is 17.0 Å². The number of rotatable bonds is 4. The van der Waals surface area contributed by atoms with Crippen molar-refractivity contribution in [2.24, 2.45) is 5.92 Å². The van der Waals surface area contributed by atoms with Gasteiger partial charge >= 0.3 is 6.03 Å². The lowest BCUT2D eigenvalue weighted by molar-refractivity contribution is -0.138. The van der Waals surface area contributed by atoms with Gasteiger partial charge in [-0.15, -0.1) is 0 Å². The first-order valence-corrected chi connectivity index (χ1v) is 13.6. The van der Waals surface area contributed by atoms with Gasteiger partial charge in [0, 0.05) is 52.4 Å². The van der Waals surface area contributed by atoms with Crippen molar-refractivity contribution < 1.29 is 18.0 Å². The van der Waals surface area contributed by atoms with Crippen molar-refractivity contribution in [1.82, 2.24) is 19.0 Å². The van der Waals surface area contributed by atoms with Gasteiger partial charge in [0.25, 0.3) is 0 Å². The molecule has 1 aromatic carbocycles. The molecule has 1 atom stereocenters. The molecule has 3 saturated heterocycles. The third-order valence-corrected chi connectivity index (χ3v) is 9.07. The number of piperidine rings is 1. The fraction of sp³-hybridized carbons (Fsp3) is 0.667. The summed E-state index contributed by atoms with van der Waals surface area (Å²) in [5.41, 5.74) is 1.11. The second kappa shape index (κ2) is 10.0. The van der Waals surface area contributed by atoms with Gasteiger partial charge in [-0.25, -0.2) is 13.2 Å². The topological polar surface area (TPSA) is 81.2 Å². The Morgan fingerprint density at radius 1 is 0.818 bits per heavy atom. The first kappa shape index (κ1) is 24.0. The van der Waals surface area contributed by atoms with Crippen LogP contribution in [0.15, 0.2) is 29.2 Å². The number of hydrogen-bond donors (Lipinski definition) is 0. The molecule has 4 rings (SSSR count). The molecule has 3 heterocycles. The van der Waals surface area contributed by atoms with Gasteiger partial charge in [-0.2, -0.15) is 4.31 Å². The fourth-order valence-electron chi connectivity index (χ4n) is 5.04. The van der Waals surface area contributed by atoms with Crippen molar-refractivity contribution in [3.05, 3.63) is 29.8 Å². The lowest BCUT2D eigenvalue weighted by atomic mass is 9.96. The van der Waals surface area contributed by atoms with Crippen LogP contribution in [-0.2, 0) is 14.8 Å². The van der Waals surface area contributed by atoms with Crippen LogP contribution >= 0.6 is 0 Å². The number of urea groups is 1. The van der Waals surface area contributed by atoms with Crippen molar-refractivity contribution >= 4 is 22.0 Å². The Morgan fingerprint density at radius 3 is 2.03 bits per heavy atom. The summed E-state index contributed by atoms with van der Waals surface area (Å²) < 4.78 is 27.6. The Labute approximate surface area is 197 Å². The smallest absolute Gasteiger partial charge is 0.320 e. The molecule has 0 N–H and O–H groups in total. The summed E-state index contributed by atoms with van der Waals surface area (Å²) in [5, 5.41) is 0. The van der Waals surface area contributed by atoms with Crippen LogP contribution in [0, 0.1) is 5.92 Å². The predicted octanol–water partition coefficient (Wildman–Crippen LogP) is 2.57. The lowest BCUT2D eigenvalue weighted by Gasteiger charge is -2.39. The molecule has 0 saturated carbocycles.